The van der Waals surface area contributed by atoms with E-state index in [2.05, 4.69) is 37.2 Å². The topological polar surface area (TPSA) is 29.1 Å². The second kappa shape index (κ2) is 7.07. The largest absolute Gasteiger partial charge is 0.360 e. The van der Waals surface area contributed by atoms with Crippen LogP contribution in [0.25, 0.3) is 0 Å². The SMILES string of the molecule is O=C(/C=C/Nc1ccc(Br)cc1Cl)c1ccc(Br)cc1. The van der Waals surface area contributed by atoms with Crippen molar-refractivity contribution >= 4 is 54.9 Å². The number of hydrogen-bond acceptors (Lipinski definition) is 2. The summed E-state index contributed by atoms with van der Waals surface area (Å²) in [5.74, 6) is -0.0711. The van der Waals surface area contributed by atoms with Crippen LogP contribution in [-0.4, -0.2) is 5.78 Å². The van der Waals surface area contributed by atoms with Crippen molar-refractivity contribution in [3.05, 3.63) is 74.3 Å². The molecule has 0 amide bonds. The molecule has 0 fully saturated rings. The van der Waals surface area contributed by atoms with Crippen molar-refractivity contribution < 1.29 is 4.79 Å². The summed E-state index contributed by atoms with van der Waals surface area (Å²) in [6, 6.07) is 12.7. The third-order valence-corrected chi connectivity index (χ3v) is 3.87. The van der Waals surface area contributed by atoms with Crippen LogP contribution in [0.3, 0.4) is 0 Å². The number of hydrogen-bond donors (Lipinski definition) is 1. The summed E-state index contributed by atoms with van der Waals surface area (Å²) in [4.78, 5) is 11.9. The smallest absolute Gasteiger partial charge is 0.187 e. The number of anilines is 1. The molecule has 0 spiro atoms. The predicted molar refractivity (Wildman–Crippen MR) is 90.4 cm³/mol. The van der Waals surface area contributed by atoms with Gasteiger partial charge in [0.15, 0.2) is 5.78 Å². The molecule has 5 heteroatoms. The Labute approximate surface area is 139 Å². The van der Waals surface area contributed by atoms with Crippen LogP contribution >= 0.6 is 43.5 Å². The van der Waals surface area contributed by atoms with Crippen LogP contribution in [0.1, 0.15) is 10.4 Å². The lowest BCUT2D eigenvalue weighted by Crippen LogP contribution is -1.96. The second-order valence-electron chi connectivity index (χ2n) is 3.97. The minimum Gasteiger partial charge on any atom is -0.360 e. The highest BCUT2D eigenvalue weighted by Gasteiger charge is 2.01. The highest BCUT2D eigenvalue weighted by molar-refractivity contribution is 9.10. The maximum atomic E-state index is 11.9. The van der Waals surface area contributed by atoms with E-state index in [0.29, 0.717) is 10.6 Å². The van der Waals surface area contributed by atoms with Crippen molar-refractivity contribution in [3.63, 3.8) is 0 Å². The molecule has 2 rings (SSSR count). The monoisotopic (exact) mass is 413 g/mol. The van der Waals surface area contributed by atoms with Crippen molar-refractivity contribution in [3.8, 4) is 0 Å². The maximum Gasteiger partial charge on any atom is 0.187 e. The van der Waals surface area contributed by atoms with Gasteiger partial charge in [0.2, 0.25) is 0 Å². The first-order chi connectivity index (χ1) is 9.56. The molecule has 0 aliphatic carbocycles. The van der Waals surface area contributed by atoms with Crippen molar-refractivity contribution in [2.24, 2.45) is 0 Å². The Bertz CT molecular complexity index is 653. The summed E-state index contributed by atoms with van der Waals surface area (Å²) in [7, 11) is 0. The summed E-state index contributed by atoms with van der Waals surface area (Å²) in [6.45, 7) is 0. The molecule has 0 atom stereocenters. The van der Waals surface area contributed by atoms with Gasteiger partial charge in [-0.1, -0.05) is 43.5 Å². The Morgan fingerprint density at radius 2 is 1.70 bits per heavy atom. The van der Waals surface area contributed by atoms with Crippen molar-refractivity contribution in [1.82, 2.24) is 0 Å². The van der Waals surface area contributed by atoms with Gasteiger partial charge in [0.05, 0.1) is 10.7 Å². The Balaban J connectivity index is 2.02. The number of carbonyl (C=O) groups excluding carboxylic acids is 1. The number of benzene rings is 2. The molecule has 0 heterocycles. The number of rotatable bonds is 4. The first kappa shape index (κ1) is 15.3. The Hall–Kier alpha value is -1.10. The van der Waals surface area contributed by atoms with Crippen LogP contribution in [-0.2, 0) is 0 Å². The average molecular weight is 416 g/mol. The molecule has 0 bridgehead atoms. The standard InChI is InChI=1S/C15H10Br2ClNO/c16-11-3-1-10(2-4-11)15(20)7-8-19-14-6-5-12(17)9-13(14)18/h1-9,19H/b8-7+. The first-order valence-electron chi connectivity index (χ1n) is 5.74. The van der Waals surface area contributed by atoms with E-state index in [1.165, 1.54) is 6.08 Å². The first-order valence-corrected chi connectivity index (χ1v) is 7.71. The molecule has 2 aromatic carbocycles. The highest BCUT2D eigenvalue weighted by atomic mass is 79.9. The molecule has 0 aromatic heterocycles. The molecule has 2 nitrogen and oxygen atoms in total. The molecule has 1 N–H and O–H groups in total. The van der Waals surface area contributed by atoms with Crippen LogP contribution in [0.4, 0.5) is 5.69 Å². The fraction of sp³-hybridized carbons (Fsp3) is 0. The molecular formula is C15H10Br2ClNO. The summed E-state index contributed by atoms with van der Waals surface area (Å²) < 4.78 is 1.85. The molecular weight excluding hydrogens is 405 g/mol. The van der Waals surface area contributed by atoms with Gasteiger partial charge >= 0.3 is 0 Å². The van der Waals surface area contributed by atoms with E-state index in [0.717, 1.165) is 14.6 Å². The fourth-order valence-corrected chi connectivity index (χ4v) is 2.52. The maximum absolute atomic E-state index is 11.9. The van der Waals surface area contributed by atoms with Crippen LogP contribution in [0.15, 0.2) is 63.7 Å². The summed E-state index contributed by atoms with van der Waals surface area (Å²) in [6.07, 6.45) is 3.06. The normalized spacial score (nSPS) is 10.8. The van der Waals surface area contributed by atoms with Gasteiger partial charge in [-0.15, -0.1) is 0 Å². The van der Waals surface area contributed by atoms with Gasteiger partial charge in [-0.05, 0) is 42.5 Å². The quantitative estimate of drug-likeness (QED) is 0.515. The van der Waals surface area contributed by atoms with E-state index in [9.17, 15) is 4.79 Å². The van der Waals surface area contributed by atoms with E-state index in [1.54, 1.807) is 24.4 Å². The lowest BCUT2D eigenvalue weighted by atomic mass is 10.1. The molecule has 0 saturated carbocycles. The lowest BCUT2D eigenvalue weighted by molar-refractivity contribution is 0.104. The van der Waals surface area contributed by atoms with E-state index in [4.69, 9.17) is 11.6 Å². The molecule has 102 valence electrons. The summed E-state index contributed by atoms with van der Waals surface area (Å²) in [5.41, 5.74) is 1.38. The Kier molecular flexibility index (Phi) is 5.40. The minimum atomic E-state index is -0.0711. The third kappa shape index (κ3) is 4.20. The zero-order valence-corrected chi connectivity index (χ0v) is 14.2. The number of nitrogens with one attached hydrogen (secondary N) is 1. The van der Waals surface area contributed by atoms with E-state index in [1.807, 2.05) is 24.3 Å². The van der Waals surface area contributed by atoms with Crippen molar-refractivity contribution in [2.75, 3.05) is 5.32 Å². The van der Waals surface area contributed by atoms with Crippen LogP contribution in [0, 0.1) is 0 Å². The molecule has 0 unspecified atom stereocenters. The van der Waals surface area contributed by atoms with Crippen LogP contribution < -0.4 is 5.32 Å². The van der Waals surface area contributed by atoms with E-state index in [-0.39, 0.29) is 5.78 Å². The van der Waals surface area contributed by atoms with Gasteiger partial charge in [0, 0.05) is 26.8 Å². The van der Waals surface area contributed by atoms with E-state index < -0.39 is 0 Å². The molecule has 0 radical (unpaired) electrons. The zero-order chi connectivity index (χ0) is 14.5. The second-order valence-corrected chi connectivity index (χ2v) is 6.21. The van der Waals surface area contributed by atoms with Crippen LogP contribution in [0.5, 0.6) is 0 Å². The molecule has 0 saturated heterocycles. The average Bonchev–Trinajstić information content (AvgIpc) is 2.42. The van der Waals surface area contributed by atoms with Crippen molar-refractivity contribution in [2.45, 2.75) is 0 Å². The summed E-state index contributed by atoms with van der Waals surface area (Å²) in [5, 5.41) is 3.57. The number of ketones is 1. The number of allylic oxidation sites excluding steroid dienone is 1. The predicted octanol–water partition coefficient (Wildman–Crippen LogP) is 5.67. The molecule has 0 aliphatic rings. The molecule has 0 aliphatic heterocycles. The van der Waals surface area contributed by atoms with Gasteiger partial charge in [-0.3, -0.25) is 4.79 Å². The lowest BCUT2D eigenvalue weighted by Gasteiger charge is -2.03. The zero-order valence-electron chi connectivity index (χ0n) is 10.2. The van der Waals surface area contributed by atoms with Crippen LogP contribution in [0.2, 0.25) is 5.02 Å². The third-order valence-electron chi connectivity index (χ3n) is 2.53. The van der Waals surface area contributed by atoms with Crippen molar-refractivity contribution in [1.29, 1.82) is 0 Å². The van der Waals surface area contributed by atoms with Gasteiger partial charge in [-0.25, -0.2) is 0 Å². The Morgan fingerprint density at radius 3 is 2.35 bits per heavy atom. The molecule has 2 aromatic rings. The highest BCUT2D eigenvalue weighted by Crippen LogP contribution is 2.25. The van der Waals surface area contributed by atoms with Gasteiger partial charge in [-0.2, -0.15) is 0 Å². The fourth-order valence-electron chi connectivity index (χ4n) is 1.52. The van der Waals surface area contributed by atoms with Gasteiger partial charge < -0.3 is 5.32 Å². The van der Waals surface area contributed by atoms with E-state index >= 15 is 0 Å². The number of carbonyl (C=O) groups is 1. The number of halogens is 3. The Morgan fingerprint density at radius 1 is 1.05 bits per heavy atom. The molecule has 20 heavy (non-hydrogen) atoms. The summed E-state index contributed by atoms with van der Waals surface area (Å²) >= 11 is 12.7. The van der Waals surface area contributed by atoms with Gasteiger partial charge in [0.1, 0.15) is 0 Å². The minimum absolute atomic E-state index is 0.0711. The van der Waals surface area contributed by atoms with Gasteiger partial charge in [0.25, 0.3) is 0 Å².